The highest BCUT2D eigenvalue weighted by Crippen LogP contribution is 2.30. The van der Waals surface area contributed by atoms with E-state index in [1.165, 1.54) is 13.0 Å². The molecule has 0 unspecified atom stereocenters. The van der Waals surface area contributed by atoms with Crippen molar-refractivity contribution in [2.45, 2.75) is 18.7 Å². The van der Waals surface area contributed by atoms with Gasteiger partial charge in [0.1, 0.15) is 16.9 Å². The molecule has 0 aliphatic heterocycles. The molecule has 1 aromatic heterocycles. The molecule has 0 bridgehead atoms. The fourth-order valence-electron chi connectivity index (χ4n) is 2.63. The summed E-state index contributed by atoms with van der Waals surface area (Å²) in [4.78, 5) is 24.0. The number of anilines is 1. The highest BCUT2D eigenvalue weighted by atomic mass is 19.4. The van der Waals surface area contributed by atoms with Crippen molar-refractivity contribution in [1.82, 2.24) is 5.32 Å². The van der Waals surface area contributed by atoms with Crippen molar-refractivity contribution >= 4 is 28.5 Å². The second-order valence-corrected chi connectivity index (χ2v) is 6.64. The summed E-state index contributed by atoms with van der Waals surface area (Å²) < 4.78 is 43.7. The van der Waals surface area contributed by atoms with Crippen LogP contribution in [-0.2, 0) is 21.4 Å². The van der Waals surface area contributed by atoms with Crippen LogP contribution in [0.2, 0.25) is 0 Å². The largest absolute Gasteiger partial charge is 0.458 e. The normalized spacial score (nSPS) is 13.7. The average Bonchev–Trinajstić information content (AvgIpc) is 3.11. The number of aliphatic hydroxyl groups is 1. The minimum atomic E-state index is -4.58. The third kappa shape index (κ3) is 4.75. The van der Waals surface area contributed by atoms with E-state index in [9.17, 15) is 27.9 Å². The van der Waals surface area contributed by atoms with Crippen molar-refractivity contribution in [3.63, 3.8) is 0 Å². The zero-order valence-corrected chi connectivity index (χ0v) is 15.2. The zero-order chi connectivity index (χ0) is 21.2. The standard InChI is InChI=1S/C20H17F3N2O4/c1-19(28,16-9-12-5-2-3-8-15(12)29-16)11-24-17(26)18(27)25-14-7-4-6-13(10-14)20(21,22)23/h2-10,28H,11H2,1H3,(H,24,26)(H,25,27)/t19-/m0/s1. The first-order valence-electron chi connectivity index (χ1n) is 8.54. The summed E-state index contributed by atoms with van der Waals surface area (Å²) in [6, 6.07) is 12.6. The minimum Gasteiger partial charge on any atom is -0.458 e. The third-order valence-electron chi connectivity index (χ3n) is 4.20. The summed E-state index contributed by atoms with van der Waals surface area (Å²) in [6.07, 6.45) is -4.58. The SMILES string of the molecule is C[C@](O)(CNC(=O)C(=O)Nc1cccc(C(F)(F)F)c1)c1cc2ccccc2o1. The predicted molar refractivity (Wildman–Crippen MR) is 98.9 cm³/mol. The molecule has 9 heteroatoms. The maximum Gasteiger partial charge on any atom is 0.416 e. The summed E-state index contributed by atoms with van der Waals surface area (Å²) >= 11 is 0. The first kappa shape index (κ1) is 20.4. The fraction of sp³-hybridized carbons (Fsp3) is 0.200. The number of halogens is 3. The number of carbonyl (C=O) groups is 2. The van der Waals surface area contributed by atoms with Gasteiger partial charge in [0.25, 0.3) is 0 Å². The van der Waals surface area contributed by atoms with E-state index in [0.29, 0.717) is 5.58 Å². The lowest BCUT2D eigenvalue weighted by molar-refractivity contribution is -0.137. The molecule has 6 nitrogen and oxygen atoms in total. The van der Waals surface area contributed by atoms with Gasteiger partial charge >= 0.3 is 18.0 Å². The number of fused-ring (bicyclic) bond motifs is 1. The number of hydrogen-bond acceptors (Lipinski definition) is 4. The maximum atomic E-state index is 12.7. The Morgan fingerprint density at radius 1 is 1.03 bits per heavy atom. The molecule has 0 fully saturated rings. The molecule has 0 saturated heterocycles. The van der Waals surface area contributed by atoms with Gasteiger partial charge in [-0.2, -0.15) is 13.2 Å². The van der Waals surface area contributed by atoms with Gasteiger partial charge in [-0.05, 0) is 37.3 Å². The second-order valence-electron chi connectivity index (χ2n) is 6.64. The van der Waals surface area contributed by atoms with Crippen LogP contribution in [0.15, 0.2) is 59.0 Å². The topological polar surface area (TPSA) is 91.6 Å². The van der Waals surface area contributed by atoms with Gasteiger partial charge in [-0.25, -0.2) is 0 Å². The Labute approximate surface area is 163 Å². The first-order chi connectivity index (χ1) is 13.6. The van der Waals surface area contributed by atoms with Gasteiger partial charge in [-0.1, -0.05) is 24.3 Å². The Balaban J connectivity index is 1.63. The zero-order valence-electron chi connectivity index (χ0n) is 15.2. The highest BCUT2D eigenvalue weighted by molar-refractivity contribution is 6.39. The van der Waals surface area contributed by atoms with Crippen LogP contribution in [0.1, 0.15) is 18.2 Å². The van der Waals surface area contributed by atoms with E-state index in [4.69, 9.17) is 4.42 Å². The van der Waals surface area contributed by atoms with Crippen molar-refractivity contribution in [3.05, 3.63) is 65.9 Å². The molecule has 0 spiro atoms. The number of para-hydroxylation sites is 1. The van der Waals surface area contributed by atoms with Crippen LogP contribution >= 0.6 is 0 Å². The Kier molecular flexibility index (Phi) is 5.34. The second kappa shape index (κ2) is 7.59. The van der Waals surface area contributed by atoms with E-state index < -0.39 is 29.2 Å². The number of furan rings is 1. The molecule has 2 aromatic carbocycles. The van der Waals surface area contributed by atoms with Gasteiger partial charge in [0.15, 0.2) is 0 Å². The molecule has 0 aliphatic rings. The number of carbonyl (C=O) groups excluding carboxylic acids is 2. The number of alkyl halides is 3. The van der Waals surface area contributed by atoms with Gasteiger partial charge in [0, 0.05) is 11.1 Å². The highest BCUT2D eigenvalue weighted by Gasteiger charge is 2.31. The molecule has 3 aromatic rings. The summed E-state index contributed by atoms with van der Waals surface area (Å²) in [7, 11) is 0. The number of rotatable bonds is 4. The molecular weight excluding hydrogens is 389 g/mol. The van der Waals surface area contributed by atoms with Crippen molar-refractivity contribution in [2.24, 2.45) is 0 Å². The third-order valence-corrected chi connectivity index (χ3v) is 4.20. The van der Waals surface area contributed by atoms with Gasteiger partial charge in [-0.15, -0.1) is 0 Å². The van der Waals surface area contributed by atoms with E-state index >= 15 is 0 Å². The van der Waals surface area contributed by atoms with E-state index in [1.54, 1.807) is 30.3 Å². The van der Waals surface area contributed by atoms with Gasteiger partial charge < -0.3 is 20.2 Å². The van der Waals surface area contributed by atoms with E-state index in [1.807, 2.05) is 0 Å². The molecular formula is C20H17F3N2O4. The molecule has 0 aliphatic carbocycles. The van der Waals surface area contributed by atoms with Crippen LogP contribution in [0.5, 0.6) is 0 Å². The summed E-state index contributed by atoms with van der Waals surface area (Å²) in [5.74, 6) is -2.08. The molecule has 152 valence electrons. The van der Waals surface area contributed by atoms with Crippen molar-refractivity contribution < 1.29 is 32.3 Å². The Morgan fingerprint density at radius 2 is 1.76 bits per heavy atom. The quantitative estimate of drug-likeness (QED) is 0.579. The summed E-state index contributed by atoms with van der Waals surface area (Å²) in [5, 5.41) is 15.7. The van der Waals surface area contributed by atoms with Crippen molar-refractivity contribution in [2.75, 3.05) is 11.9 Å². The monoisotopic (exact) mass is 406 g/mol. The van der Waals surface area contributed by atoms with E-state index in [-0.39, 0.29) is 18.0 Å². The van der Waals surface area contributed by atoms with Gasteiger partial charge in [0.05, 0.1) is 12.1 Å². The molecule has 2 amide bonds. The summed E-state index contributed by atoms with van der Waals surface area (Å²) in [6.45, 7) is 1.05. The molecule has 29 heavy (non-hydrogen) atoms. The number of hydrogen-bond donors (Lipinski definition) is 3. The molecule has 1 heterocycles. The van der Waals surface area contributed by atoms with E-state index in [0.717, 1.165) is 23.6 Å². The van der Waals surface area contributed by atoms with Crippen molar-refractivity contribution in [3.8, 4) is 0 Å². The molecule has 3 rings (SSSR count). The Hall–Kier alpha value is -3.33. The predicted octanol–water partition coefficient (Wildman–Crippen LogP) is 3.41. The Morgan fingerprint density at radius 3 is 2.45 bits per heavy atom. The van der Waals surface area contributed by atoms with Gasteiger partial charge in [0.2, 0.25) is 0 Å². The van der Waals surface area contributed by atoms with E-state index in [2.05, 4.69) is 10.6 Å². The number of nitrogens with one attached hydrogen (secondary N) is 2. The van der Waals surface area contributed by atoms with Crippen LogP contribution in [0.4, 0.5) is 18.9 Å². The lowest BCUT2D eigenvalue weighted by Gasteiger charge is -2.21. The smallest absolute Gasteiger partial charge is 0.416 e. The van der Waals surface area contributed by atoms with Crippen molar-refractivity contribution in [1.29, 1.82) is 0 Å². The average molecular weight is 406 g/mol. The number of benzene rings is 2. The molecule has 3 N–H and O–H groups in total. The minimum absolute atomic E-state index is 0.177. The lowest BCUT2D eigenvalue weighted by atomic mass is 10.0. The first-order valence-corrected chi connectivity index (χ1v) is 8.54. The van der Waals surface area contributed by atoms with Gasteiger partial charge in [-0.3, -0.25) is 9.59 Å². The van der Waals surface area contributed by atoms with Crippen LogP contribution in [-0.4, -0.2) is 23.5 Å². The molecule has 1 atom stereocenters. The maximum absolute atomic E-state index is 12.7. The fourth-order valence-corrected chi connectivity index (χ4v) is 2.63. The van der Waals surface area contributed by atoms with Crippen LogP contribution < -0.4 is 10.6 Å². The van der Waals surface area contributed by atoms with Crippen LogP contribution in [0.3, 0.4) is 0 Å². The molecule has 0 saturated carbocycles. The van der Waals surface area contributed by atoms with Crippen LogP contribution in [0, 0.1) is 0 Å². The summed E-state index contributed by atoms with van der Waals surface area (Å²) in [5.41, 5.74) is -2.19. The van der Waals surface area contributed by atoms with Crippen LogP contribution in [0.25, 0.3) is 11.0 Å². The number of amides is 2. The molecule has 0 radical (unpaired) electrons. The Bertz CT molecular complexity index is 1020. The lowest BCUT2D eigenvalue weighted by Crippen LogP contribution is -2.43.